The topological polar surface area (TPSA) is 74.6 Å². The van der Waals surface area contributed by atoms with Gasteiger partial charge in [0, 0.05) is 31.5 Å². The molecule has 86 valence electrons. The van der Waals surface area contributed by atoms with Crippen molar-refractivity contribution in [1.82, 2.24) is 4.90 Å². The smallest absolute Gasteiger partial charge is 0.0968 e. The number of nitriles is 3. The average molecular weight is 226 g/mol. The molecule has 0 aromatic heterocycles. The van der Waals surface area contributed by atoms with E-state index in [4.69, 9.17) is 15.8 Å². The Morgan fingerprint density at radius 1 is 1.41 bits per heavy atom. The van der Waals surface area contributed by atoms with Crippen LogP contribution in [0.25, 0.3) is 0 Å². The summed E-state index contributed by atoms with van der Waals surface area (Å²) < 4.78 is 0. The molecule has 17 heavy (non-hydrogen) atoms. The molecule has 0 saturated carbocycles. The molecule has 1 heterocycles. The average Bonchev–Trinajstić information content (AvgIpc) is 2.35. The minimum absolute atomic E-state index is 0.000423. The highest BCUT2D eigenvalue weighted by Crippen LogP contribution is 2.26. The van der Waals surface area contributed by atoms with Crippen molar-refractivity contribution in [2.24, 2.45) is 11.8 Å². The van der Waals surface area contributed by atoms with Crippen LogP contribution in [0.2, 0.25) is 0 Å². The highest BCUT2D eigenvalue weighted by atomic mass is 15.1. The molecule has 0 aromatic rings. The van der Waals surface area contributed by atoms with E-state index in [0.29, 0.717) is 24.8 Å². The van der Waals surface area contributed by atoms with Crippen LogP contribution in [0.3, 0.4) is 0 Å². The molecule has 2 unspecified atom stereocenters. The van der Waals surface area contributed by atoms with E-state index in [1.165, 1.54) is 0 Å². The Balaban J connectivity index is 2.65. The molecule has 4 heteroatoms. The first-order valence-electron chi connectivity index (χ1n) is 5.50. The van der Waals surface area contributed by atoms with Gasteiger partial charge in [0.1, 0.15) is 0 Å². The molecule has 2 atom stereocenters. The van der Waals surface area contributed by atoms with Crippen LogP contribution in [0.5, 0.6) is 0 Å². The maximum absolute atomic E-state index is 9.03. The van der Waals surface area contributed by atoms with Crippen LogP contribution in [-0.4, -0.2) is 11.9 Å². The van der Waals surface area contributed by atoms with Gasteiger partial charge in [-0.3, -0.25) is 0 Å². The fourth-order valence-electron chi connectivity index (χ4n) is 1.80. The van der Waals surface area contributed by atoms with Gasteiger partial charge in [-0.15, -0.1) is 0 Å². The molecular formula is C13H14N4. The molecule has 1 rings (SSSR count). The van der Waals surface area contributed by atoms with Crippen LogP contribution in [0.4, 0.5) is 0 Å². The quantitative estimate of drug-likeness (QED) is 0.737. The summed E-state index contributed by atoms with van der Waals surface area (Å²) in [5, 5.41) is 26.5. The Morgan fingerprint density at radius 3 is 2.76 bits per heavy atom. The van der Waals surface area contributed by atoms with Gasteiger partial charge in [-0.2, -0.15) is 15.8 Å². The lowest BCUT2D eigenvalue weighted by Gasteiger charge is -2.22. The lowest BCUT2D eigenvalue weighted by atomic mass is 9.87. The van der Waals surface area contributed by atoms with E-state index in [2.05, 4.69) is 12.1 Å². The van der Waals surface area contributed by atoms with Crippen molar-refractivity contribution >= 4 is 0 Å². The van der Waals surface area contributed by atoms with Crippen molar-refractivity contribution in [1.29, 1.82) is 15.8 Å². The van der Waals surface area contributed by atoms with Crippen molar-refractivity contribution in [2.45, 2.75) is 19.3 Å². The third-order valence-electron chi connectivity index (χ3n) is 2.75. The summed E-state index contributed by atoms with van der Waals surface area (Å²) in [5.41, 5.74) is 0.673. The Bertz CT molecular complexity index is 442. The summed E-state index contributed by atoms with van der Waals surface area (Å²) in [6, 6.07) is 6.41. The SMILES string of the molecule is CN1C=CC(CC(C#N)CCC#N)C(C#N)=C1. The lowest BCUT2D eigenvalue weighted by Crippen LogP contribution is -2.15. The molecule has 0 spiro atoms. The van der Waals surface area contributed by atoms with Gasteiger partial charge >= 0.3 is 0 Å². The van der Waals surface area contributed by atoms with E-state index < -0.39 is 0 Å². The third kappa shape index (κ3) is 3.67. The first-order chi connectivity index (χ1) is 8.21. The minimum Gasteiger partial charge on any atom is -0.357 e. The second-order valence-electron chi connectivity index (χ2n) is 4.07. The van der Waals surface area contributed by atoms with Crippen molar-refractivity contribution in [2.75, 3.05) is 7.05 Å². The zero-order valence-electron chi connectivity index (χ0n) is 9.80. The van der Waals surface area contributed by atoms with Crippen LogP contribution < -0.4 is 0 Å². The van der Waals surface area contributed by atoms with Gasteiger partial charge < -0.3 is 4.90 Å². The fraction of sp³-hybridized carbons (Fsp3) is 0.462. The standard InChI is InChI=1S/C13H14N4/c1-17-6-4-12(13(9-16)10-17)7-11(8-15)3-2-5-14/h4,6,10-12H,2-3,7H2,1H3. The second kappa shape index (κ2) is 6.36. The molecule has 0 bridgehead atoms. The molecule has 0 radical (unpaired) electrons. The van der Waals surface area contributed by atoms with Crippen LogP contribution in [0.1, 0.15) is 19.3 Å². The van der Waals surface area contributed by atoms with Gasteiger partial charge in [0.15, 0.2) is 0 Å². The van der Waals surface area contributed by atoms with Crippen molar-refractivity contribution in [3.05, 3.63) is 24.0 Å². The summed E-state index contributed by atoms with van der Waals surface area (Å²) in [5.74, 6) is -0.163. The van der Waals surface area contributed by atoms with Crippen molar-refractivity contribution in [3.63, 3.8) is 0 Å². The Hall–Kier alpha value is -2.25. The molecule has 0 aromatic carbocycles. The first kappa shape index (κ1) is 12.8. The molecule has 0 fully saturated rings. The number of hydrogen-bond donors (Lipinski definition) is 0. The van der Waals surface area contributed by atoms with Gasteiger partial charge in [-0.05, 0) is 19.0 Å². The van der Waals surface area contributed by atoms with Gasteiger partial charge in [0.2, 0.25) is 0 Å². The van der Waals surface area contributed by atoms with Gasteiger partial charge in [0.05, 0.1) is 23.8 Å². The zero-order valence-corrected chi connectivity index (χ0v) is 9.80. The predicted molar refractivity (Wildman–Crippen MR) is 62.7 cm³/mol. The van der Waals surface area contributed by atoms with E-state index in [1.807, 2.05) is 30.3 Å². The maximum Gasteiger partial charge on any atom is 0.0968 e. The van der Waals surface area contributed by atoms with E-state index in [-0.39, 0.29) is 11.8 Å². The lowest BCUT2D eigenvalue weighted by molar-refractivity contribution is 0.486. The summed E-state index contributed by atoms with van der Waals surface area (Å²) in [7, 11) is 1.86. The van der Waals surface area contributed by atoms with Crippen molar-refractivity contribution in [3.8, 4) is 18.2 Å². The number of hydrogen-bond acceptors (Lipinski definition) is 4. The predicted octanol–water partition coefficient (Wildman–Crippen LogP) is 2.30. The monoisotopic (exact) mass is 226 g/mol. The highest BCUT2D eigenvalue weighted by Gasteiger charge is 2.20. The number of nitrogens with zero attached hydrogens (tertiary/aromatic N) is 4. The van der Waals surface area contributed by atoms with Gasteiger partial charge in [-0.25, -0.2) is 0 Å². The molecule has 0 saturated heterocycles. The minimum atomic E-state index is -0.163. The zero-order chi connectivity index (χ0) is 12.7. The summed E-state index contributed by atoms with van der Waals surface area (Å²) >= 11 is 0. The molecule has 0 amide bonds. The van der Waals surface area contributed by atoms with Gasteiger partial charge in [0.25, 0.3) is 0 Å². The third-order valence-corrected chi connectivity index (χ3v) is 2.75. The maximum atomic E-state index is 9.03. The summed E-state index contributed by atoms with van der Waals surface area (Å²) in [4.78, 5) is 1.83. The molecule has 1 aliphatic heterocycles. The Morgan fingerprint density at radius 2 is 2.18 bits per heavy atom. The van der Waals surface area contributed by atoms with Crippen LogP contribution in [0.15, 0.2) is 24.0 Å². The van der Waals surface area contributed by atoms with Crippen LogP contribution in [0, 0.1) is 45.8 Å². The largest absolute Gasteiger partial charge is 0.357 e. The Labute approximate surface area is 102 Å². The second-order valence-corrected chi connectivity index (χ2v) is 4.07. The summed E-state index contributed by atoms with van der Waals surface area (Å²) in [6.07, 6.45) is 7.19. The molecule has 4 nitrogen and oxygen atoms in total. The fourth-order valence-corrected chi connectivity index (χ4v) is 1.80. The number of rotatable bonds is 4. The van der Waals surface area contributed by atoms with E-state index in [9.17, 15) is 0 Å². The van der Waals surface area contributed by atoms with E-state index in [0.717, 1.165) is 0 Å². The van der Waals surface area contributed by atoms with E-state index >= 15 is 0 Å². The summed E-state index contributed by atoms with van der Waals surface area (Å²) in [6.45, 7) is 0. The molecule has 1 aliphatic rings. The van der Waals surface area contributed by atoms with Crippen molar-refractivity contribution < 1.29 is 0 Å². The molecular weight excluding hydrogens is 212 g/mol. The molecule has 0 aliphatic carbocycles. The first-order valence-corrected chi connectivity index (χ1v) is 5.50. The highest BCUT2D eigenvalue weighted by molar-refractivity contribution is 5.30. The molecule has 0 N–H and O–H groups in total. The van der Waals surface area contributed by atoms with Crippen LogP contribution >= 0.6 is 0 Å². The Kier molecular flexibility index (Phi) is 4.79. The normalized spacial score (nSPS) is 19.8. The van der Waals surface area contributed by atoms with E-state index in [1.54, 1.807) is 6.20 Å². The van der Waals surface area contributed by atoms with Crippen LogP contribution in [-0.2, 0) is 0 Å². The van der Waals surface area contributed by atoms with Gasteiger partial charge in [-0.1, -0.05) is 6.08 Å². The number of allylic oxidation sites excluding steroid dienone is 2.